The second kappa shape index (κ2) is 12.3. The van der Waals surface area contributed by atoms with Crippen molar-refractivity contribution in [3.8, 4) is 12.3 Å². The summed E-state index contributed by atoms with van der Waals surface area (Å²) in [6, 6.07) is 6.39. The number of nitrogens with zero attached hydrogens (tertiary/aromatic N) is 3. The van der Waals surface area contributed by atoms with Gasteiger partial charge in [-0.2, -0.15) is 0 Å². The number of alkyl halides is 1. The van der Waals surface area contributed by atoms with Crippen LogP contribution in [0.2, 0.25) is 0 Å². The second-order valence-corrected chi connectivity index (χ2v) is 9.79. The van der Waals surface area contributed by atoms with Gasteiger partial charge in [-0.1, -0.05) is 42.0 Å². The number of aliphatic imine (C=N–C) groups is 2. The fraction of sp³-hybridized carbons (Fsp3) is 0.346. The number of ether oxygens (including phenoxy) is 1. The monoisotopic (exact) mass is 484 g/mol. The van der Waals surface area contributed by atoms with Crippen LogP contribution in [0.5, 0.6) is 0 Å². The van der Waals surface area contributed by atoms with Gasteiger partial charge < -0.3 is 10.5 Å². The highest BCUT2D eigenvalue weighted by Crippen LogP contribution is 2.42. The summed E-state index contributed by atoms with van der Waals surface area (Å²) in [5, 5.41) is 0.326. The van der Waals surface area contributed by atoms with Crippen molar-refractivity contribution in [3.05, 3.63) is 71.0 Å². The number of aromatic nitrogens is 1. The Morgan fingerprint density at radius 1 is 1.41 bits per heavy atom. The molecule has 0 radical (unpaired) electrons. The molecule has 1 aromatic heterocycles. The summed E-state index contributed by atoms with van der Waals surface area (Å²) in [6.45, 7) is 10.9. The molecule has 1 aliphatic rings. The van der Waals surface area contributed by atoms with E-state index in [1.165, 1.54) is 17.8 Å². The zero-order chi connectivity index (χ0) is 25.3. The van der Waals surface area contributed by atoms with Gasteiger partial charge >= 0.3 is 0 Å². The number of pyridine rings is 1. The van der Waals surface area contributed by atoms with Crippen LogP contribution >= 0.6 is 11.8 Å². The van der Waals surface area contributed by atoms with Crippen LogP contribution < -0.4 is 5.73 Å². The molecular weight excluding hydrogens is 454 g/mol. The number of nitrogens with two attached hydrogens (primary N) is 1. The van der Waals surface area contributed by atoms with Crippen molar-refractivity contribution >= 4 is 28.8 Å². The fourth-order valence-electron chi connectivity index (χ4n) is 3.30. The van der Waals surface area contributed by atoms with Crippen LogP contribution in [-0.2, 0) is 4.74 Å². The summed E-state index contributed by atoms with van der Waals surface area (Å²) >= 11 is 1.23. The van der Waals surface area contributed by atoms with Gasteiger partial charge in [-0.05, 0) is 51.8 Å². The van der Waals surface area contributed by atoms with Crippen LogP contribution in [0.3, 0.4) is 0 Å². The predicted molar refractivity (Wildman–Crippen MR) is 138 cm³/mol. The maximum absolute atomic E-state index is 13.8. The number of amidine groups is 1. The molecule has 1 aliphatic heterocycles. The maximum atomic E-state index is 13.8. The Morgan fingerprint density at radius 3 is 2.79 bits per heavy atom. The van der Waals surface area contributed by atoms with E-state index in [-0.39, 0.29) is 12.4 Å². The first-order chi connectivity index (χ1) is 16.1. The molecule has 0 saturated heterocycles. The fourth-order valence-corrected chi connectivity index (χ4v) is 4.28. The zero-order valence-corrected chi connectivity index (χ0v) is 20.8. The van der Waals surface area contributed by atoms with Crippen molar-refractivity contribution in [1.29, 1.82) is 0 Å². The summed E-state index contributed by atoms with van der Waals surface area (Å²) in [6.07, 6.45) is 8.82. The normalized spacial score (nSPS) is 19.6. The first-order valence-electron chi connectivity index (χ1n) is 10.6. The van der Waals surface area contributed by atoms with Gasteiger partial charge in [0.15, 0.2) is 5.17 Å². The van der Waals surface area contributed by atoms with E-state index in [4.69, 9.17) is 16.9 Å². The molecule has 0 fully saturated rings. The number of benzene rings is 1. The van der Waals surface area contributed by atoms with Crippen LogP contribution in [0.1, 0.15) is 41.8 Å². The van der Waals surface area contributed by atoms with Gasteiger partial charge in [0, 0.05) is 11.8 Å². The number of allylic oxidation sites excluding steroid dienone is 1. The molecule has 5 nitrogen and oxygen atoms in total. The van der Waals surface area contributed by atoms with Crippen molar-refractivity contribution in [2.75, 3.05) is 13.3 Å². The molecule has 2 atom stereocenters. The van der Waals surface area contributed by atoms with Crippen molar-refractivity contribution in [3.63, 3.8) is 0 Å². The molecule has 0 bridgehead atoms. The number of rotatable bonds is 6. The minimum Gasteiger partial charge on any atom is -0.480 e. The lowest BCUT2D eigenvalue weighted by atomic mass is 9.94. The topological polar surface area (TPSA) is 72.9 Å². The average molecular weight is 485 g/mol. The van der Waals surface area contributed by atoms with E-state index in [1.807, 2.05) is 26.8 Å². The van der Waals surface area contributed by atoms with Crippen molar-refractivity contribution in [2.24, 2.45) is 15.7 Å². The van der Waals surface area contributed by atoms with Gasteiger partial charge in [-0.15, -0.1) is 6.42 Å². The molecule has 34 heavy (non-hydrogen) atoms. The largest absolute Gasteiger partial charge is 0.480 e. The Kier molecular flexibility index (Phi) is 9.82. The lowest BCUT2D eigenvalue weighted by molar-refractivity contribution is 0.279. The molecule has 2 heterocycles. The molecule has 8 heteroatoms. The summed E-state index contributed by atoms with van der Waals surface area (Å²) < 4.78 is 31.4. The van der Waals surface area contributed by atoms with Gasteiger partial charge in [0.05, 0.1) is 28.4 Å². The first-order valence-corrected chi connectivity index (χ1v) is 11.5. The number of thioether (sulfide) groups is 1. The third kappa shape index (κ3) is 7.70. The molecule has 180 valence electrons. The first kappa shape index (κ1) is 27.1. The molecule has 2 aromatic rings. The Bertz CT molecular complexity index is 1110. The Morgan fingerprint density at radius 2 is 2.15 bits per heavy atom. The molecule has 0 amide bonds. The SMILES string of the molecule is C#CCOC(=C)C=Nc1c(C)ccnc1C.Cc1ccc(F)c(C2C[C@](C)(CF)SC(N)=N2)c1. The highest BCUT2D eigenvalue weighted by Gasteiger charge is 2.35. The molecule has 0 spiro atoms. The average Bonchev–Trinajstić information content (AvgIpc) is 2.79. The summed E-state index contributed by atoms with van der Waals surface area (Å²) in [7, 11) is 0. The standard InChI is InChI=1S/C13H16F2N2S.C13H14N2O/c1-8-3-4-10(15)9(5-8)11-6-13(2,7-14)18-12(16)17-11;1-5-8-16-11(3)9-15-13-10(2)6-7-14-12(13)4/h3-5,11H,6-7H2,1-2H3,(H2,16,17);1,6-7,9H,3,8H2,2,4H3/t11?,13-;/m1./s1. The number of hydrogen-bond donors (Lipinski definition) is 1. The van der Waals surface area contributed by atoms with Gasteiger partial charge in [0.1, 0.15) is 24.9 Å². The minimum absolute atomic E-state index is 0.204. The van der Waals surface area contributed by atoms with Crippen LogP contribution in [0.15, 0.2) is 52.8 Å². The van der Waals surface area contributed by atoms with Crippen molar-refractivity contribution in [1.82, 2.24) is 4.98 Å². The second-order valence-electron chi connectivity index (χ2n) is 8.18. The molecule has 0 aliphatic carbocycles. The molecule has 0 saturated carbocycles. The molecule has 1 aromatic carbocycles. The number of aryl methyl sites for hydroxylation is 3. The molecular formula is C26H30F2N4OS. The van der Waals surface area contributed by atoms with Gasteiger partial charge in [0.25, 0.3) is 0 Å². The number of terminal acetylenes is 1. The Balaban J connectivity index is 0.000000242. The van der Waals surface area contributed by atoms with E-state index >= 15 is 0 Å². The van der Waals surface area contributed by atoms with E-state index in [1.54, 1.807) is 31.5 Å². The third-order valence-electron chi connectivity index (χ3n) is 5.04. The predicted octanol–water partition coefficient (Wildman–Crippen LogP) is 5.92. The van der Waals surface area contributed by atoms with E-state index in [2.05, 4.69) is 27.5 Å². The molecule has 3 rings (SSSR count). The van der Waals surface area contributed by atoms with Crippen LogP contribution in [0.25, 0.3) is 0 Å². The minimum atomic E-state index is -0.618. The van der Waals surface area contributed by atoms with Gasteiger partial charge in [-0.25, -0.2) is 8.78 Å². The smallest absolute Gasteiger partial charge is 0.155 e. The third-order valence-corrected chi connectivity index (χ3v) is 6.12. The maximum Gasteiger partial charge on any atom is 0.155 e. The van der Waals surface area contributed by atoms with E-state index in [0.717, 1.165) is 22.5 Å². The summed E-state index contributed by atoms with van der Waals surface area (Å²) in [5.41, 5.74) is 9.96. The quantitative estimate of drug-likeness (QED) is 0.314. The zero-order valence-electron chi connectivity index (χ0n) is 19.9. The van der Waals surface area contributed by atoms with E-state index in [9.17, 15) is 8.78 Å². The molecule has 1 unspecified atom stereocenters. The number of hydrogen-bond acceptors (Lipinski definition) is 6. The Labute approximate surface area is 204 Å². The van der Waals surface area contributed by atoms with E-state index in [0.29, 0.717) is 22.9 Å². The van der Waals surface area contributed by atoms with Gasteiger partial charge in [0.2, 0.25) is 0 Å². The Hall–Kier alpha value is -3.18. The summed E-state index contributed by atoms with van der Waals surface area (Å²) in [4.78, 5) is 12.7. The van der Waals surface area contributed by atoms with Crippen molar-refractivity contribution in [2.45, 2.75) is 44.9 Å². The van der Waals surface area contributed by atoms with Crippen LogP contribution in [0.4, 0.5) is 14.5 Å². The highest BCUT2D eigenvalue weighted by molar-refractivity contribution is 8.15. The van der Waals surface area contributed by atoms with E-state index < -0.39 is 17.5 Å². The van der Waals surface area contributed by atoms with Crippen LogP contribution in [0, 0.1) is 38.9 Å². The van der Waals surface area contributed by atoms with Crippen molar-refractivity contribution < 1.29 is 13.5 Å². The number of halogens is 2. The molecule has 2 N–H and O–H groups in total. The van der Waals surface area contributed by atoms with Gasteiger partial charge in [-0.3, -0.25) is 15.0 Å². The highest BCUT2D eigenvalue weighted by atomic mass is 32.2. The lowest BCUT2D eigenvalue weighted by Gasteiger charge is -2.33. The lowest BCUT2D eigenvalue weighted by Crippen LogP contribution is -2.34. The van der Waals surface area contributed by atoms with Crippen LogP contribution in [-0.4, -0.2) is 34.4 Å². The summed E-state index contributed by atoms with van der Waals surface area (Å²) in [5.74, 6) is 2.50.